The zero-order chi connectivity index (χ0) is 23.8. The van der Waals surface area contributed by atoms with E-state index in [1.807, 2.05) is 11.0 Å². The van der Waals surface area contributed by atoms with Crippen LogP contribution in [-0.2, 0) is 6.18 Å². The van der Waals surface area contributed by atoms with Crippen LogP contribution >= 0.6 is 0 Å². The second kappa shape index (κ2) is 10.5. The minimum atomic E-state index is -4.55. The monoisotopic (exact) mass is 459 g/mol. The fraction of sp³-hybridized carbons (Fsp3) is 0.227. The number of pyridine rings is 1. The Balaban J connectivity index is 0.000000286. The first kappa shape index (κ1) is 23.6. The third kappa shape index (κ3) is 6.25. The number of carbonyl (C=O) groups excluding carboxylic acids is 1. The van der Waals surface area contributed by atoms with E-state index < -0.39 is 23.6 Å². The highest BCUT2D eigenvalue weighted by atomic mass is 19.4. The van der Waals surface area contributed by atoms with E-state index in [4.69, 9.17) is 5.11 Å². The van der Waals surface area contributed by atoms with Crippen LogP contribution in [0.3, 0.4) is 0 Å². The summed E-state index contributed by atoms with van der Waals surface area (Å²) in [5.74, 6) is -0.842. The van der Waals surface area contributed by atoms with E-state index in [1.165, 1.54) is 41.6 Å². The molecule has 1 aliphatic heterocycles. The number of aromatic carboxylic acids is 1. The quantitative estimate of drug-likeness (QED) is 0.642. The SMILES string of the molecule is O=C(O)c1cccnc1.O=C(c1ccccc1C(F)(F)F)N1CCN(c2cccnn2)CC1. The molecule has 0 spiro atoms. The summed E-state index contributed by atoms with van der Waals surface area (Å²) in [7, 11) is 0. The third-order valence-electron chi connectivity index (χ3n) is 4.82. The second-order valence-corrected chi connectivity index (χ2v) is 6.95. The molecule has 1 amide bonds. The number of rotatable bonds is 3. The molecule has 3 heterocycles. The second-order valence-electron chi connectivity index (χ2n) is 6.95. The maximum absolute atomic E-state index is 13.1. The molecule has 0 saturated carbocycles. The fourth-order valence-corrected chi connectivity index (χ4v) is 3.18. The minimum Gasteiger partial charge on any atom is -0.478 e. The molecule has 0 unspecified atom stereocenters. The topological polar surface area (TPSA) is 99.5 Å². The number of aromatic nitrogens is 3. The lowest BCUT2D eigenvalue weighted by molar-refractivity contribution is -0.138. The Labute approximate surface area is 187 Å². The lowest BCUT2D eigenvalue weighted by Crippen LogP contribution is -2.49. The van der Waals surface area contributed by atoms with Gasteiger partial charge in [0.25, 0.3) is 5.91 Å². The summed E-state index contributed by atoms with van der Waals surface area (Å²) in [5.41, 5.74) is -0.984. The molecule has 3 aromatic rings. The maximum atomic E-state index is 13.1. The average molecular weight is 459 g/mol. The molecule has 1 aliphatic rings. The molecule has 4 rings (SSSR count). The highest BCUT2D eigenvalue weighted by Gasteiger charge is 2.36. The van der Waals surface area contributed by atoms with Gasteiger partial charge < -0.3 is 14.9 Å². The summed E-state index contributed by atoms with van der Waals surface area (Å²) >= 11 is 0. The highest BCUT2D eigenvalue weighted by Crippen LogP contribution is 2.32. The van der Waals surface area contributed by atoms with E-state index in [9.17, 15) is 22.8 Å². The van der Waals surface area contributed by atoms with Crippen molar-refractivity contribution in [3.05, 3.63) is 83.8 Å². The molecule has 172 valence electrons. The predicted octanol–water partition coefficient (Wildman–Crippen LogP) is 3.24. The first-order valence-corrected chi connectivity index (χ1v) is 9.89. The van der Waals surface area contributed by atoms with Crippen molar-refractivity contribution in [1.29, 1.82) is 0 Å². The zero-order valence-electron chi connectivity index (χ0n) is 17.3. The van der Waals surface area contributed by atoms with Crippen LogP contribution in [0.25, 0.3) is 0 Å². The largest absolute Gasteiger partial charge is 0.478 e. The van der Waals surface area contributed by atoms with Crippen LogP contribution in [0.15, 0.2) is 67.1 Å². The van der Waals surface area contributed by atoms with Crippen molar-refractivity contribution in [2.75, 3.05) is 31.1 Å². The number of hydrogen-bond donors (Lipinski definition) is 1. The van der Waals surface area contributed by atoms with Crippen LogP contribution in [0.4, 0.5) is 19.0 Å². The van der Waals surface area contributed by atoms with E-state index >= 15 is 0 Å². The first-order chi connectivity index (χ1) is 15.8. The van der Waals surface area contributed by atoms with Gasteiger partial charge in [0.1, 0.15) is 0 Å². The number of nitrogens with zero attached hydrogens (tertiary/aromatic N) is 5. The van der Waals surface area contributed by atoms with Crippen LogP contribution in [0.2, 0.25) is 0 Å². The van der Waals surface area contributed by atoms with Gasteiger partial charge in [0.2, 0.25) is 0 Å². The molecular formula is C22H20F3N5O3. The Morgan fingerprint density at radius 2 is 1.61 bits per heavy atom. The molecule has 2 aromatic heterocycles. The first-order valence-electron chi connectivity index (χ1n) is 9.89. The summed E-state index contributed by atoms with van der Waals surface area (Å²) < 4.78 is 39.2. The Morgan fingerprint density at radius 3 is 2.15 bits per heavy atom. The number of carboxylic acid groups (broad SMARTS) is 1. The number of halogens is 3. The van der Waals surface area contributed by atoms with Gasteiger partial charge in [-0.05, 0) is 36.4 Å². The Kier molecular flexibility index (Phi) is 7.54. The zero-order valence-corrected chi connectivity index (χ0v) is 17.3. The summed E-state index contributed by atoms with van der Waals surface area (Å²) in [4.78, 5) is 29.7. The summed E-state index contributed by atoms with van der Waals surface area (Å²) in [6.45, 7) is 1.67. The maximum Gasteiger partial charge on any atom is 0.417 e. The number of piperazine rings is 1. The molecule has 8 nitrogen and oxygen atoms in total. The number of benzene rings is 1. The van der Waals surface area contributed by atoms with Gasteiger partial charge in [-0.15, -0.1) is 5.10 Å². The van der Waals surface area contributed by atoms with E-state index in [2.05, 4.69) is 15.2 Å². The molecule has 33 heavy (non-hydrogen) atoms. The van der Waals surface area contributed by atoms with Crippen LogP contribution in [0.5, 0.6) is 0 Å². The Hall–Kier alpha value is -4.02. The number of carbonyl (C=O) groups is 2. The molecule has 0 bridgehead atoms. The lowest BCUT2D eigenvalue weighted by Gasteiger charge is -2.35. The fourth-order valence-electron chi connectivity index (χ4n) is 3.18. The number of alkyl halides is 3. The summed E-state index contributed by atoms with van der Waals surface area (Å²) in [5, 5.41) is 16.1. The summed E-state index contributed by atoms with van der Waals surface area (Å²) in [6.07, 6.45) is -0.139. The predicted molar refractivity (Wildman–Crippen MR) is 113 cm³/mol. The van der Waals surface area contributed by atoms with E-state index in [0.717, 1.165) is 6.07 Å². The van der Waals surface area contributed by atoms with Crippen molar-refractivity contribution in [3.63, 3.8) is 0 Å². The van der Waals surface area contributed by atoms with Gasteiger partial charge in [0.05, 0.1) is 16.7 Å². The Bertz CT molecular complexity index is 1070. The molecule has 1 aromatic carbocycles. The number of hydrogen-bond acceptors (Lipinski definition) is 6. The molecular weight excluding hydrogens is 439 g/mol. The lowest BCUT2D eigenvalue weighted by atomic mass is 10.1. The van der Waals surface area contributed by atoms with Gasteiger partial charge in [-0.1, -0.05) is 12.1 Å². The molecule has 0 atom stereocenters. The number of amides is 1. The van der Waals surface area contributed by atoms with Crippen molar-refractivity contribution in [2.24, 2.45) is 0 Å². The van der Waals surface area contributed by atoms with E-state index in [1.54, 1.807) is 18.3 Å². The summed E-state index contributed by atoms with van der Waals surface area (Å²) in [6, 6.07) is 11.5. The molecule has 1 N–H and O–H groups in total. The number of carboxylic acids is 1. The van der Waals surface area contributed by atoms with Crippen molar-refractivity contribution >= 4 is 17.7 Å². The van der Waals surface area contributed by atoms with Crippen LogP contribution in [0.1, 0.15) is 26.3 Å². The molecule has 0 radical (unpaired) electrons. The Morgan fingerprint density at radius 1 is 0.909 bits per heavy atom. The highest BCUT2D eigenvalue weighted by molar-refractivity contribution is 5.96. The van der Waals surface area contributed by atoms with Gasteiger partial charge in [0.15, 0.2) is 5.82 Å². The van der Waals surface area contributed by atoms with Crippen molar-refractivity contribution < 1.29 is 27.9 Å². The third-order valence-corrected chi connectivity index (χ3v) is 4.82. The van der Waals surface area contributed by atoms with Gasteiger partial charge in [-0.2, -0.15) is 18.3 Å². The van der Waals surface area contributed by atoms with Gasteiger partial charge >= 0.3 is 12.1 Å². The number of anilines is 1. The molecule has 1 saturated heterocycles. The smallest absolute Gasteiger partial charge is 0.417 e. The van der Waals surface area contributed by atoms with Crippen LogP contribution < -0.4 is 4.90 Å². The molecule has 11 heteroatoms. The normalized spacial score (nSPS) is 13.7. The molecule has 0 aliphatic carbocycles. The van der Waals surface area contributed by atoms with Crippen molar-refractivity contribution in [3.8, 4) is 0 Å². The van der Waals surface area contributed by atoms with Gasteiger partial charge in [-0.3, -0.25) is 9.78 Å². The van der Waals surface area contributed by atoms with Crippen LogP contribution in [-0.4, -0.2) is 63.2 Å². The minimum absolute atomic E-state index is 0.220. The van der Waals surface area contributed by atoms with Gasteiger partial charge in [-0.25, -0.2) is 4.79 Å². The van der Waals surface area contributed by atoms with Crippen LogP contribution in [0, 0.1) is 0 Å². The standard InChI is InChI=1S/C16H15F3N4O.C6H5NO2/c17-16(18,19)13-5-2-1-4-12(13)15(24)23-10-8-22(9-11-23)14-6-3-7-20-21-14;8-6(9)5-2-1-3-7-4-5/h1-7H,8-11H2;1-4H,(H,8,9). The van der Waals surface area contributed by atoms with E-state index in [-0.39, 0.29) is 11.1 Å². The van der Waals surface area contributed by atoms with Crippen molar-refractivity contribution in [1.82, 2.24) is 20.1 Å². The van der Waals surface area contributed by atoms with E-state index in [0.29, 0.717) is 32.0 Å². The molecule has 1 fully saturated rings. The van der Waals surface area contributed by atoms with Crippen molar-refractivity contribution in [2.45, 2.75) is 6.18 Å². The van der Waals surface area contributed by atoms with Gasteiger partial charge in [0, 0.05) is 44.8 Å². The average Bonchev–Trinajstić information content (AvgIpc) is 2.85.